The molecule has 2 aromatic carbocycles. The predicted octanol–water partition coefficient (Wildman–Crippen LogP) is 6.16. The van der Waals surface area contributed by atoms with Gasteiger partial charge in [0.05, 0.1) is 12.8 Å². The largest absolute Gasteiger partial charge is 0.493 e. The molecule has 186 valence electrons. The van der Waals surface area contributed by atoms with Crippen LogP contribution in [0.25, 0.3) is 11.0 Å². The molecule has 0 aliphatic carbocycles. The highest BCUT2D eigenvalue weighted by Gasteiger charge is 2.24. The van der Waals surface area contributed by atoms with Gasteiger partial charge >= 0.3 is 0 Å². The Bertz CT molecular complexity index is 1180. The maximum Gasteiger partial charge on any atom is 0.170 e. The van der Waals surface area contributed by atoms with E-state index in [2.05, 4.69) is 29.1 Å². The van der Waals surface area contributed by atoms with E-state index >= 15 is 0 Å². The zero-order valence-electron chi connectivity index (χ0n) is 20.6. The third kappa shape index (κ3) is 6.09. The van der Waals surface area contributed by atoms with Crippen molar-refractivity contribution in [3.8, 4) is 11.5 Å². The van der Waals surface area contributed by atoms with Crippen molar-refractivity contribution in [1.82, 2.24) is 10.1 Å². The molecular formula is C28H33FN2O4. The van der Waals surface area contributed by atoms with Gasteiger partial charge in [-0.15, -0.1) is 0 Å². The third-order valence-corrected chi connectivity index (χ3v) is 6.57. The van der Waals surface area contributed by atoms with Gasteiger partial charge in [0.15, 0.2) is 22.9 Å². The summed E-state index contributed by atoms with van der Waals surface area (Å²) in [5, 5.41) is 5.15. The van der Waals surface area contributed by atoms with Crippen molar-refractivity contribution in [3.63, 3.8) is 0 Å². The molecule has 1 aromatic heterocycles. The highest BCUT2D eigenvalue weighted by molar-refractivity contribution is 5.94. The van der Waals surface area contributed by atoms with Crippen LogP contribution in [0.15, 0.2) is 53.1 Å². The van der Waals surface area contributed by atoms with E-state index in [1.165, 1.54) is 19.1 Å². The quantitative estimate of drug-likeness (QED) is 0.256. The molecule has 1 saturated heterocycles. The first kappa shape index (κ1) is 24.9. The van der Waals surface area contributed by atoms with Crippen LogP contribution in [0.4, 0.5) is 4.39 Å². The minimum Gasteiger partial charge on any atom is -0.493 e. The van der Waals surface area contributed by atoms with Crippen molar-refractivity contribution < 1.29 is 23.2 Å². The summed E-state index contributed by atoms with van der Waals surface area (Å²) in [6, 6.07) is 9.93. The fourth-order valence-electron chi connectivity index (χ4n) is 4.60. The number of rotatable bonds is 10. The normalized spacial score (nSPS) is 16.1. The minimum atomic E-state index is -0.307. The second-order valence-corrected chi connectivity index (χ2v) is 9.08. The highest BCUT2D eigenvalue weighted by Crippen LogP contribution is 2.33. The molecule has 0 N–H and O–H groups in total. The standard InChI is InChI=1S/C28H33FN2O4/c1-4-6-23(34-25-11-8-21(19(2)32)17-27(25)33-3)7-5-14-31-15-12-20(13-16-31)28-24-10-9-22(29)18-26(24)35-30-28/h5,7-11,17-18,20,23H,4,6,12-16H2,1-3H3. The summed E-state index contributed by atoms with van der Waals surface area (Å²) in [6.45, 7) is 6.44. The molecule has 0 bridgehead atoms. The van der Waals surface area contributed by atoms with E-state index in [0.717, 1.165) is 56.4 Å². The molecule has 0 spiro atoms. The Labute approximate surface area is 205 Å². The number of Topliss-reactive ketones (excluding diaryl/α,β-unsaturated/α-hetero) is 1. The average Bonchev–Trinajstić information content (AvgIpc) is 3.27. The molecule has 6 nitrogen and oxygen atoms in total. The predicted molar refractivity (Wildman–Crippen MR) is 134 cm³/mol. The van der Waals surface area contributed by atoms with Gasteiger partial charge in [0.1, 0.15) is 11.9 Å². The maximum absolute atomic E-state index is 13.4. The van der Waals surface area contributed by atoms with E-state index in [0.29, 0.717) is 28.6 Å². The number of likely N-dealkylation sites (tertiary alicyclic amines) is 1. The number of nitrogens with zero attached hydrogens (tertiary/aromatic N) is 2. The lowest BCUT2D eigenvalue weighted by molar-refractivity contribution is 0.101. The van der Waals surface area contributed by atoms with E-state index in [1.807, 2.05) is 0 Å². The first-order valence-electron chi connectivity index (χ1n) is 12.3. The van der Waals surface area contributed by atoms with Crippen molar-refractivity contribution >= 4 is 16.8 Å². The monoisotopic (exact) mass is 480 g/mol. The second kappa shape index (κ2) is 11.5. The summed E-state index contributed by atoms with van der Waals surface area (Å²) in [6.07, 6.45) is 8.07. The molecule has 35 heavy (non-hydrogen) atoms. The minimum absolute atomic E-state index is 0.00531. The van der Waals surface area contributed by atoms with Crippen LogP contribution < -0.4 is 9.47 Å². The SMILES string of the molecule is CCCC(C=CCN1CCC(c2noc3cc(F)ccc23)CC1)Oc1ccc(C(C)=O)cc1OC. The Morgan fingerprint density at radius 1 is 1.23 bits per heavy atom. The molecule has 1 aliphatic heterocycles. The van der Waals surface area contributed by atoms with E-state index in [-0.39, 0.29) is 17.7 Å². The first-order chi connectivity index (χ1) is 17.0. The number of ether oxygens (including phenoxy) is 2. The molecule has 7 heteroatoms. The Kier molecular flexibility index (Phi) is 8.18. The number of carbonyl (C=O) groups is 1. The van der Waals surface area contributed by atoms with Crippen molar-refractivity contribution in [2.75, 3.05) is 26.7 Å². The van der Waals surface area contributed by atoms with Gasteiger partial charge in [-0.2, -0.15) is 0 Å². The van der Waals surface area contributed by atoms with Crippen LogP contribution in [0.3, 0.4) is 0 Å². The van der Waals surface area contributed by atoms with Crippen molar-refractivity contribution in [2.24, 2.45) is 0 Å². The molecule has 4 rings (SSSR count). The zero-order chi connectivity index (χ0) is 24.8. The van der Waals surface area contributed by atoms with E-state index in [1.54, 1.807) is 31.4 Å². The molecule has 1 unspecified atom stereocenters. The van der Waals surface area contributed by atoms with Crippen molar-refractivity contribution in [2.45, 2.75) is 51.6 Å². The molecule has 0 amide bonds. The second-order valence-electron chi connectivity index (χ2n) is 9.08. The molecule has 0 radical (unpaired) electrons. The number of piperidine rings is 1. The Morgan fingerprint density at radius 2 is 2.03 bits per heavy atom. The lowest BCUT2D eigenvalue weighted by Crippen LogP contribution is -2.33. The molecule has 0 saturated carbocycles. The van der Waals surface area contributed by atoms with Gasteiger partial charge in [-0.05, 0) is 75.7 Å². The summed E-state index contributed by atoms with van der Waals surface area (Å²) in [5.74, 6) is 1.22. The number of hydrogen-bond acceptors (Lipinski definition) is 6. The number of ketones is 1. The van der Waals surface area contributed by atoms with Crippen LogP contribution in [0, 0.1) is 5.82 Å². The number of halogens is 1. The number of hydrogen-bond donors (Lipinski definition) is 0. The average molecular weight is 481 g/mol. The fraction of sp³-hybridized carbons (Fsp3) is 0.429. The van der Waals surface area contributed by atoms with Crippen LogP contribution >= 0.6 is 0 Å². The van der Waals surface area contributed by atoms with Gasteiger partial charge in [0.2, 0.25) is 0 Å². The third-order valence-electron chi connectivity index (χ3n) is 6.57. The van der Waals surface area contributed by atoms with Gasteiger partial charge in [0.25, 0.3) is 0 Å². The number of benzene rings is 2. The topological polar surface area (TPSA) is 64.8 Å². The molecule has 3 aromatic rings. The highest BCUT2D eigenvalue weighted by atomic mass is 19.1. The molecule has 1 atom stereocenters. The molecule has 1 aliphatic rings. The lowest BCUT2D eigenvalue weighted by Gasteiger charge is -2.30. The number of carbonyl (C=O) groups excluding carboxylic acids is 1. The lowest BCUT2D eigenvalue weighted by atomic mass is 9.91. The van der Waals surface area contributed by atoms with Gasteiger partial charge < -0.3 is 14.0 Å². The summed E-state index contributed by atoms with van der Waals surface area (Å²) in [5.41, 5.74) is 2.06. The number of methoxy groups -OCH3 is 1. The van der Waals surface area contributed by atoms with Crippen LogP contribution in [0.1, 0.15) is 61.5 Å². The molecular weight excluding hydrogens is 447 g/mol. The van der Waals surface area contributed by atoms with Gasteiger partial charge in [-0.25, -0.2) is 4.39 Å². The van der Waals surface area contributed by atoms with Gasteiger partial charge in [0, 0.05) is 29.5 Å². The summed E-state index contributed by atoms with van der Waals surface area (Å²) < 4.78 is 30.5. The van der Waals surface area contributed by atoms with E-state index in [9.17, 15) is 9.18 Å². The van der Waals surface area contributed by atoms with Gasteiger partial charge in [-0.3, -0.25) is 9.69 Å². The van der Waals surface area contributed by atoms with Crippen LogP contribution in [0.5, 0.6) is 11.5 Å². The summed E-state index contributed by atoms with van der Waals surface area (Å²) in [4.78, 5) is 14.1. The maximum atomic E-state index is 13.4. The Balaban J connectivity index is 1.32. The number of aromatic nitrogens is 1. The van der Waals surface area contributed by atoms with E-state index < -0.39 is 0 Å². The Morgan fingerprint density at radius 3 is 2.74 bits per heavy atom. The number of fused-ring (bicyclic) bond motifs is 1. The Hall–Kier alpha value is -3.19. The van der Waals surface area contributed by atoms with Crippen molar-refractivity contribution in [3.05, 3.63) is 65.6 Å². The zero-order valence-corrected chi connectivity index (χ0v) is 20.6. The van der Waals surface area contributed by atoms with Crippen LogP contribution in [-0.4, -0.2) is 48.7 Å². The molecule has 1 fully saturated rings. The van der Waals surface area contributed by atoms with Crippen LogP contribution in [-0.2, 0) is 0 Å². The smallest absolute Gasteiger partial charge is 0.170 e. The molecule has 2 heterocycles. The van der Waals surface area contributed by atoms with Crippen molar-refractivity contribution in [1.29, 1.82) is 0 Å². The summed E-state index contributed by atoms with van der Waals surface area (Å²) >= 11 is 0. The van der Waals surface area contributed by atoms with E-state index in [4.69, 9.17) is 14.0 Å². The first-order valence-corrected chi connectivity index (χ1v) is 12.3. The van der Waals surface area contributed by atoms with Crippen LogP contribution in [0.2, 0.25) is 0 Å². The van der Waals surface area contributed by atoms with Gasteiger partial charge in [-0.1, -0.05) is 24.6 Å². The fourth-order valence-corrected chi connectivity index (χ4v) is 4.60. The summed E-state index contributed by atoms with van der Waals surface area (Å²) in [7, 11) is 1.58.